The maximum absolute atomic E-state index is 12.2. The Morgan fingerprint density at radius 2 is 1.61 bits per heavy atom. The summed E-state index contributed by atoms with van der Waals surface area (Å²) in [6, 6.07) is 7.85. The molecule has 1 aromatic carbocycles. The molecule has 154 valence electrons. The van der Waals surface area contributed by atoms with Crippen LogP contribution in [-0.4, -0.2) is 24.5 Å². The van der Waals surface area contributed by atoms with Crippen LogP contribution in [0.4, 0.5) is 0 Å². The first kappa shape index (κ1) is 22.2. The predicted molar refractivity (Wildman–Crippen MR) is 112 cm³/mol. The second kappa shape index (κ2) is 11.7. The normalized spacial score (nSPS) is 16.5. The molecule has 0 bridgehead atoms. The molecule has 0 amide bonds. The van der Waals surface area contributed by atoms with Gasteiger partial charge in [-0.3, -0.25) is 9.59 Å². The van der Waals surface area contributed by atoms with Crippen molar-refractivity contribution in [3.05, 3.63) is 35.4 Å². The first-order chi connectivity index (χ1) is 13.5. The van der Waals surface area contributed by atoms with Gasteiger partial charge in [0.25, 0.3) is 0 Å². The van der Waals surface area contributed by atoms with Crippen LogP contribution in [0.15, 0.2) is 29.8 Å². The fraction of sp³-hybridized carbons (Fsp3) is 0.583. The maximum atomic E-state index is 12.2. The van der Waals surface area contributed by atoms with Crippen molar-refractivity contribution in [2.24, 2.45) is 0 Å². The summed E-state index contributed by atoms with van der Waals surface area (Å²) in [5.41, 5.74) is 2.62. The Hall–Kier alpha value is -2.10. The average molecular weight is 387 g/mol. The number of Topliss-reactive ketones (excluding diaryl/α,β-unsaturated/α-hetero) is 1. The van der Waals surface area contributed by atoms with Gasteiger partial charge in [-0.25, -0.2) is 0 Å². The summed E-state index contributed by atoms with van der Waals surface area (Å²) < 4.78 is 11.0. The summed E-state index contributed by atoms with van der Waals surface area (Å²) in [6.07, 6.45) is 10.1. The van der Waals surface area contributed by atoms with E-state index in [1.807, 2.05) is 24.3 Å². The molecule has 0 radical (unpaired) electrons. The van der Waals surface area contributed by atoms with Gasteiger partial charge >= 0.3 is 5.97 Å². The van der Waals surface area contributed by atoms with Crippen LogP contribution in [0.1, 0.15) is 84.1 Å². The molecular formula is C24H34O4. The number of ketones is 1. The molecule has 0 saturated heterocycles. The number of unbranched alkanes of at least 4 members (excludes halogenated alkanes) is 7. The number of esters is 1. The van der Waals surface area contributed by atoms with E-state index in [1.54, 1.807) is 6.92 Å². The lowest BCUT2D eigenvalue weighted by Gasteiger charge is -2.10. The third-order valence-corrected chi connectivity index (χ3v) is 5.28. The number of hydrogen-bond donors (Lipinski definition) is 0. The van der Waals surface area contributed by atoms with Gasteiger partial charge in [0, 0.05) is 13.3 Å². The fourth-order valence-corrected chi connectivity index (χ4v) is 3.63. The molecule has 4 heteroatoms. The highest BCUT2D eigenvalue weighted by molar-refractivity contribution is 6.10. The molecule has 1 unspecified atom stereocenters. The first-order valence-corrected chi connectivity index (χ1v) is 10.7. The number of rotatable bonds is 12. The van der Waals surface area contributed by atoms with E-state index in [9.17, 15) is 9.59 Å². The SMILES string of the molecule is CCCCCCCCCCOc1ccc(C2=C(C)C(=O)C(OC(C)=O)C2)cc1. The molecule has 0 aromatic heterocycles. The van der Waals surface area contributed by atoms with Crippen molar-refractivity contribution in [1.82, 2.24) is 0 Å². The van der Waals surface area contributed by atoms with E-state index in [0.717, 1.165) is 29.9 Å². The molecule has 0 fully saturated rings. The minimum Gasteiger partial charge on any atom is -0.494 e. The van der Waals surface area contributed by atoms with Crippen molar-refractivity contribution in [3.8, 4) is 5.75 Å². The molecule has 1 aliphatic rings. The second-order valence-electron chi connectivity index (χ2n) is 7.62. The van der Waals surface area contributed by atoms with E-state index in [2.05, 4.69) is 6.92 Å². The maximum Gasteiger partial charge on any atom is 0.303 e. The summed E-state index contributed by atoms with van der Waals surface area (Å²) in [7, 11) is 0. The molecule has 0 spiro atoms. The number of ether oxygens (including phenoxy) is 2. The van der Waals surface area contributed by atoms with Crippen molar-refractivity contribution in [2.75, 3.05) is 6.61 Å². The van der Waals surface area contributed by atoms with E-state index in [-0.39, 0.29) is 5.78 Å². The van der Waals surface area contributed by atoms with Crippen LogP contribution in [0.3, 0.4) is 0 Å². The largest absolute Gasteiger partial charge is 0.494 e. The average Bonchev–Trinajstić information content (AvgIpc) is 2.95. The highest BCUT2D eigenvalue weighted by Gasteiger charge is 2.33. The zero-order valence-electron chi connectivity index (χ0n) is 17.6. The molecule has 1 atom stereocenters. The fourth-order valence-electron chi connectivity index (χ4n) is 3.63. The monoisotopic (exact) mass is 386 g/mol. The highest BCUT2D eigenvalue weighted by Crippen LogP contribution is 2.34. The van der Waals surface area contributed by atoms with Gasteiger partial charge in [-0.05, 0) is 42.2 Å². The van der Waals surface area contributed by atoms with Gasteiger partial charge in [-0.2, -0.15) is 0 Å². The van der Waals surface area contributed by atoms with Crippen LogP contribution in [0.2, 0.25) is 0 Å². The lowest BCUT2D eigenvalue weighted by molar-refractivity contribution is -0.150. The molecule has 1 aromatic rings. The Labute approximate surface area is 169 Å². The molecule has 0 saturated carbocycles. The third-order valence-electron chi connectivity index (χ3n) is 5.28. The number of benzene rings is 1. The second-order valence-corrected chi connectivity index (χ2v) is 7.62. The van der Waals surface area contributed by atoms with Gasteiger partial charge in [-0.15, -0.1) is 0 Å². The van der Waals surface area contributed by atoms with Gasteiger partial charge in [0.1, 0.15) is 5.75 Å². The molecular weight excluding hydrogens is 352 g/mol. The summed E-state index contributed by atoms with van der Waals surface area (Å²) in [5, 5.41) is 0. The van der Waals surface area contributed by atoms with Gasteiger partial charge in [0.05, 0.1) is 6.61 Å². The summed E-state index contributed by atoms with van der Waals surface area (Å²) in [6.45, 7) is 6.12. The minimum absolute atomic E-state index is 0.0970. The Bertz CT molecular complexity index is 672. The van der Waals surface area contributed by atoms with Crippen LogP contribution < -0.4 is 4.74 Å². The van der Waals surface area contributed by atoms with Crippen molar-refractivity contribution >= 4 is 17.3 Å². The quantitative estimate of drug-likeness (QED) is 0.332. The van der Waals surface area contributed by atoms with Crippen molar-refractivity contribution < 1.29 is 19.1 Å². The highest BCUT2D eigenvalue weighted by atomic mass is 16.5. The Morgan fingerprint density at radius 1 is 1.00 bits per heavy atom. The molecule has 28 heavy (non-hydrogen) atoms. The standard InChI is InChI=1S/C24H34O4/c1-4-5-6-7-8-9-10-11-16-27-21-14-12-20(13-15-21)22-17-23(28-19(3)25)24(26)18(22)2/h12-15,23H,4-11,16-17H2,1-3H3. The molecule has 0 heterocycles. The van der Waals surface area contributed by atoms with Crippen LogP contribution in [0, 0.1) is 0 Å². The Balaban J connectivity index is 1.73. The van der Waals surface area contributed by atoms with E-state index >= 15 is 0 Å². The summed E-state index contributed by atoms with van der Waals surface area (Å²) in [5.74, 6) is 0.336. The van der Waals surface area contributed by atoms with E-state index < -0.39 is 12.1 Å². The third kappa shape index (κ3) is 6.81. The van der Waals surface area contributed by atoms with E-state index in [1.165, 1.54) is 51.9 Å². The van der Waals surface area contributed by atoms with Crippen molar-refractivity contribution in [2.45, 2.75) is 84.7 Å². The van der Waals surface area contributed by atoms with Gasteiger partial charge in [-0.1, -0.05) is 64.0 Å². The van der Waals surface area contributed by atoms with Gasteiger partial charge in [0.15, 0.2) is 11.9 Å². The van der Waals surface area contributed by atoms with Crippen LogP contribution in [0.5, 0.6) is 5.75 Å². The Kier molecular flexibility index (Phi) is 9.26. The van der Waals surface area contributed by atoms with E-state index in [0.29, 0.717) is 12.0 Å². The number of hydrogen-bond acceptors (Lipinski definition) is 4. The van der Waals surface area contributed by atoms with Crippen LogP contribution in [-0.2, 0) is 14.3 Å². The van der Waals surface area contributed by atoms with Crippen molar-refractivity contribution in [1.29, 1.82) is 0 Å². The zero-order valence-corrected chi connectivity index (χ0v) is 17.6. The van der Waals surface area contributed by atoms with Crippen LogP contribution in [0.25, 0.3) is 5.57 Å². The minimum atomic E-state index is -0.676. The van der Waals surface area contributed by atoms with Gasteiger partial charge < -0.3 is 9.47 Å². The van der Waals surface area contributed by atoms with Crippen molar-refractivity contribution in [3.63, 3.8) is 0 Å². The summed E-state index contributed by atoms with van der Waals surface area (Å²) in [4.78, 5) is 23.4. The molecule has 4 nitrogen and oxygen atoms in total. The smallest absolute Gasteiger partial charge is 0.303 e. The molecule has 0 aliphatic heterocycles. The number of carbonyl (C=O) groups excluding carboxylic acids is 2. The van der Waals surface area contributed by atoms with Crippen LogP contribution >= 0.6 is 0 Å². The molecule has 0 N–H and O–H groups in total. The lowest BCUT2D eigenvalue weighted by Crippen LogP contribution is -2.22. The number of carbonyl (C=O) groups is 2. The predicted octanol–water partition coefficient (Wildman–Crippen LogP) is 5.88. The first-order valence-electron chi connectivity index (χ1n) is 10.7. The summed E-state index contributed by atoms with van der Waals surface area (Å²) >= 11 is 0. The topological polar surface area (TPSA) is 52.6 Å². The van der Waals surface area contributed by atoms with E-state index in [4.69, 9.17) is 9.47 Å². The molecule has 1 aliphatic carbocycles. The lowest BCUT2D eigenvalue weighted by atomic mass is 10.0. The molecule has 2 rings (SSSR count). The van der Waals surface area contributed by atoms with Gasteiger partial charge in [0.2, 0.25) is 0 Å². The zero-order chi connectivity index (χ0) is 20.4. The Morgan fingerprint density at radius 3 is 2.21 bits per heavy atom.